The summed E-state index contributed by atoms with van der Waals surface area (Å²) in [7, 11) is 0. The molecule has 0 N–H and O–H groups in total. The maximum atomic E-state index is 11.9. The van der Waals surface area contributed by atoms with Crippen LogP contribution in [0.15, 0.2) is 22.3 Å². The van der Waals surface area contributed by atoms with Crippen molar-refractivity contribution in [1.82, 2.24) is 9.47 Å². The second-order valence-electron chi connectivity index (χ2n) is 4.09. The van der Waals surface area contributed by atoms with Crippen LogP contribution in [0.4, 0.5) is 0 Å². The molecule has 1 amide bonds. The number of aromatic nitrogens is 1. The number of amides is 1. The van der Waals surface area contributed by atoms with Crippen molar-refractivity contribution in [3.8, 4) is 5.88 Å². The molecule has 1 aromatic rings. The monoisotopic (exact) mass is 325 g/mol. The fourth-order valence-corrected chi connectivity index (χ4v) is 2.40. The van der Waals surface area contributed by atoms with E-state index in [1.54, 1.807) is 13.8 Å². The van der Waals surface area contributed by atoms with Crippen LogP contribution in [0.3, 0.4) is 0 Å². The average molecular weight is 325 g/mol. The molecule has 2 heterocycles. The lowest BCUT2D eigenvalue weighted by molar-refractivity contribution is -0.279. The van der Waals surface area contributed by atoms with Gasteiger partial charge in [-0.2, -0.15) is 0 Å². The van der Waals surface area contributed by atoms with Gasteiger partial charge in [0.25, 0.3) is 15.9 Å². The molecular formula is C13H13N2O4S2-. The van der Waals surface area contributed by atoms with E-state index in [4.69, 9.17) is 33.6 Å². The van der Waals surface area contributed by atoms with E-state index in [0.717, 1.165) is 0 Å². The zero-order chi connectivity index (χ0) is 15.6. The predicted octanol–water partition coefficient (Wildman–Crippen LogP) is 1.96. The molecule has 0 atom stereocenters. The van der Waals surface area contributed by atoms with Crippen molar-refractivity contribution in [2.75, 3.05) is 6.54 Å². The first-order valence-electron chi connectivity index (χ1n) is 6.32. The highest BCUT2D eigenvalue weighted by Gasteiger charge is 2.31. The van der Waals surface area contributed by atoms with E-state index in [-0.39, 0.29) is 33.3 Å². The Morgan fingerprint density at radius 2 is 2.00 bits per heavy atom. The topological polar surface area (TPSA) is 70.7 Å². The van der Waals surface area contributed by atoms with E-state index < -0.39 is 0 Å². The van der Waals surface area contributed by atoms with E-state index in [2.05, 4.69) is 0 Å². The van der Waals surface area contributed by atoms with Gasteiger partial charge in [0.2, 0.25) is 0 Å². The molecule has 1 aliphatic rings. The first-order valence-corrected chi connectivity index (χ1v) is 7.13. The van der Waals surface area contributed by atoms with Crippen LogP contribution in [0.1, 0.15) is 19.6 Å². The van der Waals surface area contributed by atoms with Gasteiger partial charge in [-0.05, 0) is 50.4 Å². The van der Waals surface area contributed by atoms with E-state index in [9.17, 15) is 9.90 Å². The summed E-state index contributed by atoms with van der Waals surface area (Å²) in [6, 6.07) is 0. The molecule has 0 aliphatic carbocycles. The molecule has 2 rings (SSSR count). The smallest absolute Gasteiger partial charge is 0.297 e. The fourth-order valence-electron chi connectivity index (χ4n) is 1.80. The van der Waals surface area contributed by atoms with Crippen molar-refractivity contribution in [3.63, 3.8) is 0 Å². The summed E-state index contributed by atoms with van der Waals surface area (Å²) in [6.07, 6.45) is 4.36. The number of rotatable bonds is 4. The molecule has 1 aliphatic heterocycles. The first kappa shape index (κ1) is 15.5. The zero-order valence-electron chi connectivity index (χ0n) is 11.5. The number of hydrogen-bond acceptors (Lipinski definition) is 6. The lowest BCUT2D eigenvalue weighted by atomic mass is 10.3. The molecule has 0 spiro atoms. The number of likely N-dealkylation sites (N-methyl/N-ethyl adjacent to an activating group) is 1. The number of nitrogens with zero attached hydrogens (tertiary/aromatic N) is 2. The van der Waals surface area contributed by atoms with Crippen LogP contribution in [-0.2, 0) is 16.1 Å². The van der Waals surface area contributed by atoms with Crippen molar-refractivity contribution >= 4 is 41.6 Å². The Hall–Kier alpha value is -1.93. The van der Waals surface area contributed by atoms with Crippen molar-refractivity contribution in [2.24, 2.45) is 0 Å². The quantitative estimate of drug-likeness (QED) is 0.622. The van der Waals surface area contributed by atoms with Crippen LogP contribution in [0.5, 0.6) is 5.88 Å². The van der Waals surface area contributed by atoms with Crippen LogP contribution >= 0.6 is 24.4 Å². The summed E-state index contributed by atoms with van der Waals surface area (Å²) >= 11 is 9.85. The van der Waals surface area contributed by atoms with Crippen LogP contribution < -0.4 is 5.11 Å². The van der Waals surface area contributed by atoms with Gasteiger partial charge in [0.1, 0.15) is 5.76 Å². The molecule has 1 aromatic heterocycles. The molecule has 21 heavy (non-hydrogen) atoms. The molecule has 8 heteroatoms. The van der Waals surface area contributed by atoms with Crippen LogP contribution in [0.25, 0.3) is 6.08 Å². The number of hydrogen-bond donors (Lipinski definition) is 0. The third-order valence-corrected chi connectivity index (χ3v) is 3.48. The van der Waals surface area contributed by atoms with E-state index in [1.165, 1.54) is 27.7 Å². The molecule has 0 bridgehead atoms. The molecule has 6 nitrogen and oxygen atoms in total. The predicted molar refractivity (Wildman–Crippen MR) is 80.8 cm³/mol. The fraction of sp³-hybridized carbons (Fsp3) is 0.308. The highest BCUT2D eigenvalue weighted by molar-refractivity contribution is 7.80. The number of ether oxygens (including phenoxy) is 1. The number of carbonyl (C=O) groups excluding carboxylic acids is 1. The van der Waals surface area contributed by atoms with Gasteiger partial charge in [0, 0.05) is 19.0 Å². The summed E-state index contributed by atoms with van der Waals surface area (Å²) in [5.41, 5.74) is 0. The number of carbonyl (C=O) groups is 1. The lowest BCUT2D eigenvalue weighted by Crippen LogP contribution is -2.27. The Morgan fingerprint density at radius 3 is 2.52 bits per heavy atom. The zero-order valence-corrected chi connectivity index (χ0v) is 13.1. The Kier molecular flexibility index (Phi) is 4.59. The van der Waals surface area contributed by atoms with Gasteiger partial charge >= 0.3 is 0 Å². The third-order valence-electron chi connectivity index (χ3n) is 2.87. The van der Waals surface area contributed by atoms with Crippen LogP contribution in [-0.4, -0.2) is 27.1 Å². The second-order valence-corrected chi connectivity index (χ2v) is 4.79. The van der Waals surface area contributed by atoms with Gasteiger partial charge in [-0.25, -0.2) is 0 Å². The molecule has 112 valence electrons. The maximum absolute atomic E-state index is 11.9. The Morgan fingerprint density at radius 1 is 1.29 bits per heavy atom. The largest absolute Gasteiger partial charge is 0.857 e. The highest BCUT2D eigenvalue weighted by Crippen LogP contribution is 2.20. The minimum Gasteiger partial charge on any atom is -0.857 e. The number of thiocarbonyl (C=S) groups is 1. The normalized spacial score (nSPS) is 17.2. The minimum atomic E-state index is -0.304. The van der Waals surface area contributed by atoms with Gasteiger partial charge in [0.05, 0.1) is 0 Å². The summed E-state index contributed by atoms with van der Waals surface area (Å²) in [5.74, 6) is -0.388. The van der Waals surface area contributed by atoms with Crippen molar-refractivity contribution in [3.05, 3.63) is 28.5 Å². The van der Waals surface area contributed by atoms with Crippen molar-refractivity contribution in [2.45, 2.75) is 20.4 Å². The Balaban J connectivity index is 2.20. The highest BCUT2D eigenvalue weighted by atomic mass is 32.1. The minimum absolute atomic E-state index is 0.110. The van der Waals surface area contributed by atoms with Crippen molar-refractivity contribution in [1.29, 1.82) is 0 Å². The average Bonchev–Trinajstić information content (AvgIpc) is 2.87. The molecular weight excluding hydrogens is 312 g/mol. The number of oxazole rings is 1. The van der Waals surface area contributed by atoms with Crippen molar-refractivity contribution < 1.29 is 19.1 Å². The molecule has 0 saturated carbocycles. The molecule has 0 unspecified atom stereocenters. The Labute approximate surface area is 131 Å². The van der Waals surface area contributed by atoms with E-state index in [0.29, 0.717) is 13.1 Å². The molecule has 0 aromatic carbocycles. The summed E-state index contributed by atoms with van der Waals surface area (Å²) in [6.45, 7) is 4.48. The van der Waals surface area contributed by atoms with E-state index >= 15 is 0 Å². The number of allylic oxidation sites excluding steroid dienone is 2. The second kappa shape index (κ2) is 6.23. The van der Waals surface area contributed by atoms with Gasteiger partial charge in [-0.1, -0.05) is 6.08 Å². The standard InChI is InChI=1S/C13H14N2O4S2/c1-3-14-10(16)8(18-12(14)20)6-5-7-9-11(17)15(4-2)13(21)19-9/h5-7,16H,3-4H2,1-2H3/p-1/b6-5+,9-7-. The van der Waals surface area contributed by atoms with Gasteiger partial charge < -0.3 is 18.8 Å². The Bertz CT molecular complexity index is 700. The maximum Gasteiger partial charge on any atom is 0.297 e. The van der Waals surface area contributed by atoms with Gasteiger partial charge in [0.15, 0.2) is 5.76 Å². The lowest BCUT2D eigenvalue weighted by Gasteiger charge is -2.07. The van der Waals surface area contributed by atoms with Gasteiger partial charge in [-0.15, -0.1) is 0 Å². The SMILES string of the molecule is CCN1C(=O)/C(=C/C=C/c2oc(=S)n(CC)c2[O-])OC1=S. The summed E-state index contributed by atoms with van der Waals surface area (Å²) in [4.78, 5) is 13.3. The third kappa shape index (κ3) is 2.91. The first-order chi connectivity index (χ1) is 9.99. The molecule has 0 radical (unpaired) electrons. The van der Waals surface area contributed by atoms with Crippen LogP contribution in [0.2, 0.25) is 0 Å². The van der Waals surface area contributed by atoms with E-state index in [1.807, 2.05) is 0 Å². The summed E-state index contributed by atoms with van der Waals surface area (Å²) in [5, 5.41) is 12.0. The summed E-state index contributed by atoms with van der Waals surface area (Å²) < 4.78 is 11.7. The molecule has 1 saturated heterocycles. The van der Waals surface area contributed by atoms with Crippen LogP contribution in [0, 0.1) is 4.84 Å². The molecule has 1 fully saturated rings. The van der Waals surface area contributed by atoms with Gasteiger partial charge in [-0.3, -0.25) is 9.69 Å².